The molecule has 0 N–H and O–H groups in total. The summed E-state index contributed by atoms with van der Waals surface area (Å²) in [5.74, 6) is 0.110. The van der Waals surface area contributed by atoms with Crippen LogP contribution in [0.15, 0.2) is 60.3 Å². The quantitative estimate of drug-likeness (QED) is 0.396. The summed E-state index contributed by atoms with van der Waals surface area (Å²) in [6.07, 6.45) is 3.45. The third-order valence-electron chi connectivity index (χ3n) is 4.00. The molecule has 0 amide bonds. The van der Waals surface area contributed by atoms with E-state index in [0.717, 1.165) is 27.9 Å². The van der Waals surface area contributed by atoms with Gasteiger partial charge in [-0.25, -0.2) is 4.79 Å². The number of nitrogens with zero attached hydrogens (tertiary/aromatic N) is 2. The number of para-hydroxylation sites is 3. The average molecular weight is 346 g/mol. The van der Waals surface area contributed by atoms with Gasteiger partial charge in [-0.15, -0.1) is 0 Å². The van der Waals surface area contributed by atoms with Crippen LogP contribution in [0.1, 0.15) is 12.5 Å². The van der Waals surface area contributed by atoms with Crippen LogP contribution in [0, 0.1) is 11.3 Å². The van der Waals surface area contributed by atoms with E-state index in [1.165, 1.54) is 0 Å². The lowest BCUT2D eigenvalue weighted by molar-refractivity contribution is -0.137. The van der Waals surface area contributed by atoms with Crippen LogP contribution in [0.25, 0.3) is 22.7 Å². The van der Waals surface area contributed by atoms with Crippen molar-refractivity contribution in [3.8, 4) is 17.5 Å². The molecule has 0 bridgehead atoms. The molecule has 0 radical (unpaired) electrons. The first-order chi connectivity index (χ1) is 12.7. The molecule has 3 aromatic rings. The van der Waals surface area contributed by atoms with Gasteiger partial charge in [-0.1, -0.05) is 30.3 Å². The van der Waals surface area contributed by atoms with Gasteiger partial charge in [0.25, 0.3) is 0 Å². The number of carbonyl (C=O) groups is 1. The van der Waals surface area contributed by atoms with E-state index in [1.807, 2.05) is 65.4 Å². The Labute approximate surface area is 151 Å². The molecular weight excluding hydrogens is 328 g/mol. The fourth-order valence-electron chi connectivity index (χ4n) is 2.85. The Morgan fingerprint density at radius 3 is 2.65 bits per heavy atom. The van der Waals surface area contributed by atoms with Crippen molar-refractivity contribution in [3.63, 3.8) is 0 Å². The number of fused-ring (bicyclic) bond motifs is 1. The standard InChI is InChI=1S/C21H18N2O3/c1-3-26-21(24)15(13-22)12-16-14-23(18-9-5-4-8-17(16)18)19-10-6-7-11-20(19)25-2/h4-12,14H,3H2,1-2H3/b15-12+. The molecule has 0 saturated carbocycles. The Balaban J connectivity index is 2.21. The van der Waals surface area contributed by atoms with Crippen LogP contribution < -0.4 is 4.74 Å². The highest BCUT2D eigenvalue weighted by Crippen LogP contribution is 2.30. The van der Waals surface area contributed by atoms with Gasteiger partial charge in [-0.3, -0.25) is 0 Å². The fourth-order valence-corrected chi connectivity index (χ4v) is 2.85. The molecule has 5 nitrogen and oxygen atoms in total. The minimum absolute atomic E-state index is 0.0326. The van der Waals surface area contributed by atoms with E-state index >= 15 is 0 Å². The Kier molecular flexibility index (Phi) is 5.04. The lowest BCUT2D eigenvalue weighted by atomic mass is 10.1. The molecule has 0 aliphatic heterocycles. The van der Waals surface area contributed by atoms with Crippen LogP contribution in [0.3, 0.4) is 0 Å². The molecule has 5 heteroatoms. The lowest BCUT2D eigenvalue weighted by Gasteiger charge is -2.10. The van der Waals surface area contributed by atoms with Crippen LogP contribution in [0.4, 0.5) is 0 Å². The van der Waals surface area contributed by atoms with Gasteiger partial charge in [0.2, 0.25) is 0 Å². The summed E-state index contributed by atoms with van der Waals surface area (Å²) >= 11 is 0. The van der Waals surface area contributed by atoms with Crippen molar-refractivity contribution in [1.29, 1.82) is 5.26 Å². The van der Waals surface area contributed by atoms with E-state index < -0.39 is 5.97 Å². The number of carbonyl (C=O) groups excluding carboxylic acids is 1. The number of rotatable bonds is 5. The first-order valence-electron chi connectivity index (χ1n) is 8.22. The van der Waals surface area contributed by atoms with E-state index in [-0.39, 0.29) is 12.2 Å². The Bertz CT molecular complexity index is 1030. The summed E-state index contributed by atoms with van der Waals surface area (Å²) in [6, 6.07) is 17.4. The second-order valence-corrected chi connectivity index (χ2v) is 5.53. The van der Waals surface area contributed by atoms with Crippen LogP contribution in [-0.4, -0.2) is 24.3 Å². The molecule has 0 saturated heterocycles. The molecular formula is C21H18N2O3. The highest BCUT2D eigenvalue weighted by atomic mass is 16.5. The first kappa shape index (κ1) is 17.3. The number of benzene rings is 2. The predicted octanol–water partition coefficient (Wildman–Crippen LogP) is 4.11. The summed E-state index contributed by atoms with van der Waals surface area (Å²) in [4.78, 5) is 12.0. The van der Waals surface area contributed by atoms with Gasteiger partial charge in [0.1, 0.15) is 17.4 Å². The van der Waals surface area contributed by atoms with Gasteiger partial charge in [-0.05, 0) is 31.2 Å². The maximum Gasteiger partial charge on any atom is 0.348 e. The zero-order chi connectivity index (χ0) is 18.5. The SMILES string of the molecule is CCOC(=O)/C(C#N)=C/c1cn(-c2ccccc2OC)c2ccccc12. The molecule has 1 aromatic heterocycles. The normalized spacial score (nSPS) is 11.2. The van der Waals surface area contributed by atoms with E-state index in [2.05, 4.69) is 0 Å². The van der Waals surface area contributed by atoms with E-state index in [0.29, 0.717) is 0 Å². The van der Waals surface area contributed by atoms with Gasteiger partial charge in [0.15, 0.2) is 0 Å². The third kappa shape index (κ3) is 3.17. The number of esters is 1. The number of hydrogen-bond donors (Lipinski definition) is 0. The van der Waals surface area contributed by atoms with Gasteiger partial charge in [-0.2, -0.15) is 5.26 Å². The Hall–Kier alpha value is -3.52. The molecule has 26 heavy (non-hydrogen) atoms. The molecule has 0 aliphatic carbocycles. The summed E-state index contributed by atoms with van der Waals surface area (Å²) in [5.41, 5.74) is 2.55. The predicted molar refractivity (Wildman–Crippen MR) is 100 cm³/mol. The maximum absolute atomic E-state index is 12.0. The molecule has 130 valence electrons. The monoisotopic (exact) mass is 346 g/mol. The van der Waals surface area contributed by atoms with Crippen molar-refractivity contribution in [2.75, 3.05) is 13.7 Å². The number of hydrogen-bond acceptors (Lipinski definition) is 4. The minimum Gasteiger partial charge on any atom is -0.495 e. The smallest absolute Gasteiger partial charge is 0.348 e. The van der Waals surface area contributed by atoms with E-state index in [9.17, 15) is 10.1 Å². The Morgan fingerprint density at radius 2 is 1.92 bits per heavy atom. The zero-order valence-corrected chi connectivity index (χ0v) is 14.6. The minimum atomic E-state index is -0.621. The molecule has 0 fully saturated rings. The van der Waals surface area contributed by atoms with Crippen LogP contribution in [-0.2, 0) is 9.53 Å². The molecule has 0 aliphatic rings. The van der Waals surface area contributed by atoms with Gasteiger partial charge < -0.3 is 14.0 Å². The van der Waals surface area contributed by atoms with E-state index in [4.69, 9.17) is 9.47 Å². The molecule has 1 heterocycles. The second-order valence-electron chi connectivity index (χ2n) is 5.53. The van der Waals surface area contributed by atoms with Crippen molar-refractivity contribution in [2.45, 2.75) is 6.92 Å². The van der Waals surface area contributed by atoms with Crippen molar-refractivity contribution in [1.82, 2.24) is 4.57 Å². The average Bonchev–Trinajstić information content (AvgIpc) is 3.04. The number of aromatic nitrogens is 1. The summed E-state index contributed by atoms with van der Waals surface area (Å²) < 4.78 is 12.4. The van der Waals surface area contributed by atoms with Crippen molar-refractivity contribution >= 4 is 22.9 Å². The maximum atomic E-state index is 12.0. The van der Waals surface area contributed by atoms with Gasteiger partial charge in [0, 0.05) is 17.1 Å². The third-order valence-corrected chi connectivity index (χ3v) is 4.00. The number of methoxy groups -OCH3 is 1. The van der Waals surface area contributed by atoms with Gasteiger partial charge >= 0.3 is 5.97 Å². The molecule has 0 unspecified atom stereocenters. The van der Waals surface area contributed by atoms with Crippen molar-refractivity contribution in [2.24, 2.45) is 0 Å². The van der Waals surface area contributed by atoms with Crippen LogP contribution >= 0.6 is 0 Å². The molecule has 2 aromatic carbocycles. The first-order valence-corrected chi connectivity index (χ1v) is 8.22. The highest BCUT2D eigenvalue weighted by Gasteiger charge is 2.15. The summed E-state index contributed by atoms with van der Waals surface area (Å²) in [7, 11) is 1.62. The topological polar surface area (TPSA) is 64.2 Å². The fraction of sp³-hybridized carbons (Fsp3) is 0.143. The number of ether oxygens (including phenoxy) is 2. The van der Waals surface area contributed by atoms with Gasteiger partial charge in [0.05, 0.1) is 24.9 Å². The molecule has 0 atom stereocenters. The second kappa shape index (κ2) is 7.58. The largest absolute Gasteiger partial charge is 0.495 e. The van der Waals surface area contributed by atoms with Crippen molar-refractivity contribution < 1.29 is 14.3 Å². The summed E-state index contributed by atoms with van der Waals surface area (Å²) in [6.45, 7) is 1.93. The van der Waals surface area contributed by atoms with Crippen LogP contribution in [0.5, 0.6) is 5.75 Å². The number of nitriles is 1. The Morgan fingerprint density at radius 1 is 1.19 bits per heavy atom. The highest BCUT2D eigenvalue weighted by molar-refractivity contribution is 6.01. The summed E-state index contributed by atoms with van der Waals surface area (Å²) in [5, 5.41) is 10.2. The zero-order valence-electron chi connectivity index (χ0n) is 14.6. The van der Waals surface area contributed by atoms with Crippen molar-refractivity contribution in [3.05, 3.63) is 65.9 Å². The van der Waals surface area contributed by atoms with E-state index in [1.54, 1.807) is 20.1 Å². The molecule has 3 rings (SSSR count). The lowest BCUT2D eigenvalue weighted by Crippen LogP contribution is -2.05. The molecule has 0 spiro atoms. The van der Waals surface area contributed by atoms with Crippen LogP contribution in [0.2, 0.25) is 0 Å².